The van der Waals surface area contributed by atoms with Crippen LogP contribution in [0.5, 0.6) is 0 Å². The lowest BCUT2D eigenvalue weighted by atomic mass is 10.2. The molecular weight excluding hydrogens is 225 g/mol. The van der Waals surface area contributed by atoms with Crippen LogP contribution < -0.4 is 10.2 Å². The molecule has 0 saturated carbocycles. The Labute approximate surface area is 97.0 Å². The Kier molecular flexibility index (Phi) is 2.49. The van der Waals surface area contributed by atoms with Crippen molar-refractivity contribution in [2.45, 2.75) is 0 Å². The lowest BCUT2D eigenvalue weighted by Crippen LogP contribution is -2.43. The number of anilines is 1. The maximum absolute atomic E-state index is 13.2. The summed E-state index contributed by atoms with van der Waals surface area (Å²) in [5.41, 5.74) is 0. The second-order valence-electron chi connectivity index (χ2n) is 3.88. The molecule has 5 heteroatoms. The van der Waals surface area contributed by atoms with Crippen LogP contribution in [0, 0.1) is 5.82 Å². The number of hydrogen-bond acceptors (Lipinski definition) is 4. The van der Waals surface area contributed by atoms with Gasteiger partial charge in [-0.25, -0.2) is 4.39 Å². The fraction of sp³-hybridized carbons (Fsp3) is 0.364. The number of fused-ring (bicyclic) bond motifs is 1. The first kappa shape index (κ1) is 9.99. The van der Waals surface area contributed by atoms with Gasteiger partial charge in [-0.15, -0.1) is 0 Å². The van der Waals surface area contributed by atoms with Gasteiger partial charge in [0.2, 0.25) is 0 Å². The topological polar surface area (TPSA) is 28.2 Å². The number of rotatable bonds is 1. The van der Waals surface area contributed by atoms with Gasteiger partial charge in [-0.1, -0.05) is 0 Å². The summed E-state index contributed by atoms with van der Waals surface area (Å²) in [7, 11) is 0. The van der Waals surface area contributed by atoms with E-state index < -0.39 is 0 Å². The van der Waals surface area contributed by atoms with E-state index >= 15 is 0 Å². The van der Waals surface area contributed by atoms with Crippen LogP contribution >= 0.6 is 11.5 Å². The molecule has 0 aliphatic carbocycles. The third kappa shape index (κ3) is 1.66. The fourth-order valence-corrected chi connectivity index (χ4v) is 2.78. The van der Waals surface area contributed by atoms with Gasteiger partial charge in [-0.05, 0) is 29.7 Å². The third-order valence-corrected chi connectivity index (χ3v) is 3.65. The molecular formula is C11H12FN3S. The molecule has 2 heterocycles. The van der Waals surface area contributed by atoms with E-state index in [0.29, 0.717) is 0 Å². The second-order valence-corrected chi connectivity index (χ2v) is 4.69. The van der Waals surface area contributed by atoms with Crippen LogP contribution in [0.1, 0.15) is 0 Å². The van der Waals surface area contributed by atoms with Crippen molar-refractivity contribution in [3.05, 3.63) is 24.0 Å². The molecule has 2 aromatic rings. The Morgan fingerprint density at radius 3 is 2.94 bits per heavy atom. The smallest absolute Gasteiger partial charge is 0.150 e. The van der Waals surface area contributed by atoms with Crippen molar-refractivity contribution >= 4 is 27.4 Å². The Balaban J connectivity index is 2.05. The minimum absolute atomic E-state index is 0.191. The van der Waals surface area contributed by atoms with Gasteiger partial charge in [0, 0.05) is 31.6 Å². The Hall–Kier alpha value is -1.20. The Bertz CT molecular complexity index is 505. The van der Waals surface area contributed by atoms with Crippen LogP contribution in [0.4, 0.5) is 10.2 Å². The first-order chi connectivity index (χ1) is 7.84. The maximum atomic E-state index is 13.2. The van der Waals surface area contributed by atoms with E-state index in [-0.39, 0.29) is 5.82 Å². The largest absolute Gasteiger partial charge is 0.353 e. The minimum Gasteiger partial charge on any atom is -0.353 e. The van der Waals surface area contributed by atoms with E-state index in [1.807, 2.05) is 0 Å². The predicted molar refractivity (Wildman–Crippen MR) is 64.7 cm³/mol. The van der Waals surface area contributed by atoms with E-state index in [4.69, 9.17) is 0 Å². The molecule has 1 saturated heterocycles. The SMILES string of the molecule is Fc1ccc2snc(N3CCNCC3)c2c1. The number of nitrogens with one attached hydrogen (secondary N) is 1. The van der Waals surface area contributed by atoms with Gasteiger partial charge < -0.3 is 10.2 Å². The van der Waals surface area contributed by atoms with Gasteiger partial charge in [-0.3, -0.25) is 0 Å². The zero-order chi connectivity index (χ0) is 11.0. The molecule has 0 atom stereocenters. The predicted octanol–water partition coefficient (Wildman–Crippen LogP) is 1.84. The molecule has 1 aromatic carbocycles. The molecule has 1 aliphatic heterocycles. The molecule has 1 N–H and O–H groups in total. The highest BCUT2D eigenvalue weighted by molar-refractivity contribution is 7.13. The molecule has 1 aromatic heterocycles. The Morgan fingerprint density at radius 1 is 1.31 bits per heavy atom. The third-order valence-electron chi connectivity index (χ3n) is 2.83. The number of halogens is 1. The average molecular weight is 237 g/mol. The molecule has 1 aliphatic rings. The first-order valence-corrected chi connectivity index (χ1v) is 6.12. The van der Waals surface area contributed by atoms with Crippen molar-refractivity contribution < 1.29 is 4.39 Å². The van der Waals surface area contributed by atoms with E-state index in [1.54, 1.807) is 12.1 Å². The zero-order valence-electron chi connectivity index (χ0n) is 8.74. The molecule has 16 heavy (non-hydrogen) atoms. The highest BCUT2D eigenvalue weighted by Gasteiger charge is 2.16. The van der Waals surface area contributed by atoms with Crippen LogP contribution in [0.2, 0.25) is 0 Å². The van der Waals surface area contributed by atoms with E-state index in [2.05, 4.69) is 14.6 Å². The van der Waals surface area contributed by atoms with Crippen LogP contribution in [0.25, 0.3) is 10.1 Å². The molecule has 84 valence electrons. The van der Waals surface area contributed by atoms with Gasteiger partial charge in [-0.2, -0.15) is 4.37 Å². The molecule has 0 spiro atoms. The summed E-state index contributed by atoms with van der Waals surface area (Å²) in [6.45, 7) is 3.81. The molecule has 0 amide bonds. The second kappa shape index (κ2) is 3.99. The highest BCUT2D eigenvalue weighted by atomic mass is 32.1. The van der Waals surface area contributed by atoms with Crippen LogP contribution in [-0.2, 0) is 0 Å². The maximum Gasteiger partial charge on any atom is 0.150 e. The highest BCUT2D eigenvalue weighted by Crippen LogP contribution is 2.30. The zero-order valence-corrected chi connectivity index (χ0v) is 9.56. The van der Waals surface area contributed by atoms with Crippen molar-refractivity contribution in [2.24, 2.45) is 0 Å². The summed E-state index contributed by atoms with van der Waals surface area (Å²) in [6, 6.07) is 4.87. The van der Waals surface area contributed by atoms with E-state index in [9.17, 15) is 4.39 Å². The minimum atomic E-state index is -0.191. The van der Waals surface area contributed by atoms with Crippen molar-refractivity contribution in [1.82, 2.24) is 9.69 Å². The molecule has 3 rings (SSSR count). The van der Waals surface area contributed by atoms with Gasteiger partial charge in [0.25, 0.3) is 0 Å². The molecule has 1 fully saturated rings. The number of hydrogen-bond donors (Lipinski definition) is 1. The summed E-state index contributed by atoms with van der Waals surface area (Å²) >= 11 is 1.44. The number of piperazine rings is 1. The molecule has 0 bridgehead atoms. The van der Waals surface area contributed by atoms with E-state index in [1.165, 1.54) is 17.6 Å². The monoisotopic (exact) mass is 237 g/mol. The summed E-state index contributed by atoms with van der Waals surface area (Å²) in [4.78, 5) is 2.22. The van der Waals surface area contributed by atoms with Crippen LogP contribution in [-0.4, -0.2) is 30.6 Å². The van der Waals surface area contributed by atoms with Crippen molar-refractivity contribution in [2.75, 3.05) is 31.1 Å². The van der Waals surface area contributed by atoms with Gasteiger partial charge >= 0.3 is 0 Å². The van der Waals surface area contributed by atoms with Crippen LogP contribution in [0.3, 0.4) is 0 Å². The molecule has 3 nitrogen and oxygen atoms in total. The lowest BCUT2D eigenvalue weighted by molar-refractivity contribution is 0.587. The standard InChI is InChI=1S/C11H12FN3S/c12-8-1-2-10-9(7-8)11(14-16-10)15-5-3-13-4-6-15/h1-2,7,13H,3-6H2. The quantitative estimate of drug-likeness (QED) is 0.820. The van der Waals surface area contributed by atoms with Crippen molar-refractivity contribution in [1.29, 1.82) is 0 Å². The number of benzene rings is 1. The van der Waals surface area contributed by atoms with Gasteiger partial charge in [0.15, 0.2) is 0 Å². The Morgan fingerprint density at radius 2 is 2.12 bits per heavy atom. The number of nitrogens with zero attached hydrogens (tertiary/aromatic N) is 2. The van der Waals surface area contributed by atoms with Crippen LogP contribution in [0.15, 0.2) is 18.2 Å². The van der Waals surface area contributed by atoms with Gasteiger partial charge in [0.05, 0.1) is 4.70 Å². The summed E-state index contributed by atoms with van der Waals surface area (Å²) in [5, 5.41) is 4.23. The number of aromatic nitrogens is 1. The summed E-state index contributed by atoms with van der Waals surface area (Å²) in [6.07, 6.45) is 0. The van der Waals surface area contributed by atoms with E-state index in [0.717, 1.165) is 42.1 Å². The summed E-state index contributed by atoms with van der Waals surface area (Å²) in [5.74, 6) is 0.741. The average Bonchev–Trinajstić information content (AvgIpc) is 2.73. The summed E-state index contributed by atoms with van der Waals surface area (Å²) < 4.78 is 18.7. The fourth-order valence-electron chi connectivity index (χ4n) is 2.00. The lowest BCUT2D eigenvalue weighted by Gasteiger charge is -2.27. The normalized spacial score (nSPS) is 16.9. The van der Waals surface area contributed by atoms with Gasteiger partial charge in [0.1, 0.15) is 11.6 Å². The molecule has 0 unspecified atom stereocenters. The first-order valence-electron chi connectivity index (χ1n) is 5.35. The van der Waals surface area contributed by atoms with Crippen molar-refractivity contribution in [3.63, 3.8) is 0 Å². The van der Waals surface area contributed by atoms with Crippen molar-refractivity contribution in [3.8, 4) is 0 Å². The molecule has 0 radical (unpaired) electrons.